The molecule has 198 valence electrons. The SMILES string of the molecule is CCOC(=O)C(C)(C)Oc1ccc(OCCn2c(=O)sc3cc(/C(=N\O)c4cccc(Cl)c4)ccc32)cc1. The van der Waals surface area contributed by atoms with Crippen LogP contribution >= 0.6 is 22.9 Å². The zero-order valence-electron chi connectivity index (χ0n) is 21.1. The van der Waals surface area contributed by atoms with Crippen molar-refractivity contribution in [2.75, 3.05) is 13.2 Å². The van der Waals surface area contributed by atoms with Crippen LogP contribution in [0.3, 0.4) is 0 Å². The number of benzene rings is 3. The second-order valence-electron chi connectivity index (χ2n) is 8.81. The van der Waals surface area contributed by atoms with Gasteiger partial charge in [-0.15, -0.1) is 0 Å². The number of esters is 1. The number of carbonyl (C=O) groups is 1. The van der Waals surface area contributed by atoms with E-state index in [1.807, 2.05) is 12.1 Å². The fraction of sp³-hybridized carbons (Fsp3) is 0.250. The van der Waals surface area contributed by atoms with Crippen LogP contribution in [0.25, 0.3) is 10.2 Å². The predicted molar refractivity (Wildman–Crippen MR) is 148 cm³/mol. The van der Waals surface area contributed by atoms with Crippen LogP contribution in [0.4, 0.5) is 0 Å². The van der Waals surface area contributed by atoms with E-state index < -0.39 is 11.6 Å². The van der Waals surface area contributed by atoms with Gasteiger partial charge < -0.3 is 19.4 Å². The van der Waals surface area contributed by atoms with Crippen molar-refractivity contribution >= 4 is 44.8 Å². The first kappa shape index (κ1) is 27.2. The van der Waals surface area contributed by atoms with Crippen LogP contribution in [0.5, 0.6) is 11.5 Å². The maximum atomic E-state index is 12.7. The largest absolute Gasteiger partial charge is 0.492 e. The first-order valence-corrected chi connectivity index (χ1v) is 13.1. The molecule has 10 heteroatoms. The molecule has 1 heterocycles. The molecular formula is C28H27ClN2O6S. The molecule has 0 aliphatic heterocycles. The Hall–Kier alpha value is -3.82. The number of thiazole rings is 1. The Morgan fingerprint density at radius 2 is 1.76 bits per heavy atom. The Morgan fingerprint density at radius 3 is 2.45 bits per heavy atom. The van der Waals surface area contributed by atoms with Crippen molar-refractivity contribution in [1.82, 2.24) is 4.57 Å². The summed E-state index contributed by atoms with van der Waals surface area (Å²) in [6.07, 6.45) is 0. The number of fused-ring (bicyclic) bond motifs is 1. The standard InChI is InChI=1S/C28H27ClN2O6S/c1-4-35-26(32)28(2,3)37-22-11-9-21(10-12-22)36-15-14-31-23-13-8-19(17-24(23)38-27(31)33)25(30-34)18-6-5-7-20(29)16-18/h5-13,16-17,34H,4,14-15H2,1-3H3/b30-25-. The van der Waals surface area contributed by atoms with Gasteiger partial charge in [-0.25, -0.2) is 4.79 Å². The van der Waals surface area contributed by atoms with Crippen molar-refractivity contribution in [1.29, 1.82) is 0 Å². The van der Waals surface area contributed by atoms with E-state index in [1.54, 1.807) is 79.9 Å². The van der Waals surface area contributed by atoms with Gasteiger partial charge in [0.15, 0.2) is 5.60 Å². The Bertz CT molecular complexity index is 1520. The summed E-state index contributed by atoms with van der Waals surface area (Å²) in [6.45, 7) is 5.94. The zero-order valence-corrected chi connectivity index (χ0v) is 22.7. The number of aromatic nitrogens is 1. The lowest BCUT2D eigenvalue weighted by Gasteiger charge is -2.24. The van der Waals surface area contributed by atoms with E-state index in [2.05, 4.69) is 5.16 Å². The lowest BCUT2D eigenvalue weighted by molar-refractivity contribution is -0.158. The van der Waals surface area contributed by atoms with Gasteiger partial charge in [-0.1, -0.05) is 46.3 Å². The fourth-order valence-electron chi connectivity index (χ4n) is 3.84. The monoisotopic (exact) mass is 554 g/mol. The molecule has 1 N–H and O–H groups in total. The van der Waals surface area contributed by atoms with Crippen molar-refractivity contribution in [3.05, 3.63) is 92.5 Å². The fourth-order valence-corrected chi connectivity index (χ4v) is 4.99. The Kier molecular flexibility index (Phi) is 8.38. The molecule has 8 nitrogen and oxygen atoms in total. The highest BCUT2D eigenvalue weighted by atomic mass is 35.5. The highest BCUT2D eigenvalue weighted by Crippen LogP contribution is 2.24. The minimum atomic E-state index is -1.11. The molecule has 0 amide bonds. The van der Waals surface area contributed by atoms with E-state index in [9.17, 15) is 14.8 Å². The number of ether oxygens (including phenoxy) is 3. The van der Waals surface area contributed by atoms with Crippen LogP contribution in [-0.4, -0.2) is 40.3 Å². The molecule has 0 fully saturated rings. The van der Waals surface area contributed by atoms with Gasteiger partial charge >= 0.3 is 10.8 Å². The molecule has 3 aromatic carbocycles. The van der Waals surface area contributed by atoms with E-state index in [-0.39, 0.29) is 18.1 Å². The average molecular weight is 555 g/mol. The first-order valence-electron chi connectivity index (χ1n) is 11.9. The van der Waals surface area contributed by atoms with Crippen molar-refractivity contribution in [2.24, 2.45) is 5.16 Å². The topological polar surface area (TPSA) is 99.4 Å². The number of oxime groups is 1. The third-order valence-corrected chi connectivity index (χ3v) is 6.86. The summed E-state index contributed by atoms with van der Waals surface area (Å²) in [6, 6.07) is 19.4. The maximum absolute atomic E-state index is 12.7. The van der Waals surface area contributed by atoms with E-state index in [0.29, 0.717) is 39.9 Å². The van der Waals surface area contributed by atoms with Crippen LogP contribution in [0.1, 0.15) is 31.9 Å². The van der Waals surface area contributed by atoms with Gasteiger partial charge in [-0.05, 0) is 69.3 Å². The Morgan fingerprint density at radius 1 is 1.05 bits per heavy atom. The van der Waals surface area contributed by atoms with Crippen molar-refractivity contribution in [3.8, 4) is 11.5 Å². The minimum absolute atomic E-state index is 0.115. The van der Waals surface area contributed by atoms with Crippen LogP contribution in [0.15, 0.2) is 76.7 Å². The van der Waals surface area contributed by atoms with E-state index in [4.69, 9.17) is 25.8 Å². The van der Waals surface area contributed by atoms with Gasteiger partial charge in [-0.2, -0.15) is 0 Å². The number of nitrogens with zero attached hydrogens (tertiary/aromatic N) is 2. The van der Waals surface area contributed by atoms with Gasteiger partial charge in [0.2, 0.25) is 0 Å². The highest BCUT2D eigenvalue weighted by molar-refractivity contribution is 7.16. The molecule has 1 aromatic heterocycles. The third-order valence-electron chi connectivity index (χ3n) is 5.69. The molecule has 0 atom stereocenters. The summed E-state index contributed by atoms with van der Waals surface area (Å²) in [5.74, 6) is 0.673. The van der Waals surface area contributed by atoms with Crippen LogP contribution in [-0.2, 0) is 16.1 Å². The number of rotatable bonds is 10. The molecule has 0 saturated carbocycles. The Balaban J connectivity index is 1.42. The second-order valence-corrected chi connectivity index (χ2v) is 10.2. The van der Waals surface area contributed by atoms with Gasteiger partial charge in [0.25, 0.3) is 0 Å². The van der Waals surface area contributed by atoms with Crippen molar-refractivity contribution in [3.63, 3.8) is 0 Å². The lowest BCUT2D eigenvalue weighted by Crippen LogP contribution is -2.39. The summed E-state index contributed by atoms with van der Waals surface area (Å²) in [7, 11) is 0. The number of halogens is 1. The molecule has 0 unspecified atom stereocenters. The van der Waals surface area contributed by atoms with Crippen molar-refractivity contribution in [2.45, 2.75) is 32.9 Å². The Labute approximate surface area is 228 Å². The lowest BCUT2D eigenvalue weighted by atomic mass is 10.0. The highest BCUT2D eigenvalue weighted by Gasteiger charge is 2.31. The van der Waals surface area contributed by atoms with Gasteiger partial charge in [0.05, 0.1) is 23.4 Å². The smallest absolute Gasteiger partial charge is 0.349 e. The first-order chi connectivity index (χ1) is 18.2. The van der Waals surface area contributed by atoms with Crippen molar-refractivity contribution < 1.29 is 24.2 Å². The van der Waals surface area contributed by atoms with E-state index in [1.165, 1.54) is 0 Å². The molecule has 38 heavy (non-hydrogen) atoms. The molecule has 0 spiro atoms. The van der Waals surface area contributed by atoms with E-state index in [0.717, 1.165) is 21.6 Å². The molecule has 4 rings (SSSR count). The summed E-state index contributed by atoms with van der Waals surface area (Å²) in [5, 5.41) is 13.6. The second kappa shape index (κ2) is 11.7. The summed E-state index contributed by atoms with van der Waals surface area (Å²) >= 11 is 7.20. The van der Waals surface area contributed by atoms with Crippen LogP contribution in [0.2, 0.25) is 5.02 Å². The summed E-state index contributed by atoms with van der Waals surface area (Å²) in [4.78, 5) is 24.6. The number of hydrogen-bond donors (Lipinski definition) is 1. The third kappa shape index (κ3) is 6.17. The maximum Gasteiger partial charge on any atom is 0.349 e. The molecule has 0 radical (unpaired) electrons. The molecular weight excluding hydrogens is 528 g/mol. The quantitative estimate of drug-likeness (QED) is 0.116. The van der Waals surface area contributed by atoms with Gasteiger partial charge in [0.1, 0.15) is 23.8 Å². The number of hydrogen-bond acceptors (Lipinski definition) is 8. The molecule has 0 saturated heterocycles. The molecule has 0 bridgehead atoms. The number of carbonyl (C=O) groups excluding carboxylic acids is 1. The predicted octanol–water partition coefficient (Wildman–Crippen LogP) is 5.74. The molecule has 0 aliphatic carbocycles. The summed E-state index contributed by atoms with van der Waals surface area (Å²) in [5.41, 5.74) is 1.35. The summed E-state index contributed by atoms with van der Waals surface area (Å²) < 4.78 is 19.1. The molecule has 0 aliphatic rings. The minimum Gasteiger partial charge on any atom is -0.492 e. The van der Waals surface area contributed by atoms with Gasteiger partial charge in [-0.3, -0.25) is 9.36 Å². The van der Waals surface area contributed by atoms with Gasteiger partial charge in [0, 0.05) is 16.1 Å². The van der Waals surface area contributed by atoms with Crippen LogP contribution < -0.4 is 14.3 Å². The zero-order chi connectivity index (χ0) is 27.3. The molecule has 4 aromatic rings. The normalized spacial score (nSPS) is 11.9. The average Bonchev–Trinajstić information content (AvgIpc) is 3.20. The van der Waals surface area contributed by atoms with E-state index >= 15 is 0 Å². The van der Waals surface area contributed by atoms with Crippen LogP contribution in [0, 0.1) is 0 Å².